The van der Waals surface area contributed by atoms with Gasteiger partial charge < -0.3 is 14.2 Å². The van der Waals surface area contributed by atoms with Crippen molar-refractivity contribution in [3.05, 3.63) is 34.2 Å². The van der Waals surface area contributed by atoms with Crippen molar-refractivity contribution in [2.45, 2.75) is 33.2 Å². The third kappa shape index (κ3) is 3.75. The van der Waals surface area contributed by atoms with Gasteiger partial charge in [0.25, 0.3) is 5.56 Å². The average Bonchev–Trinajstić information content (AvgIpc) is 2.52. The number of nitrogens with zero attached hydrogens (tertiary/aromatic N) is 2. The molecule has 0 saturated carbocycles. The van der Waals surface area contributed by atoms with Crippen LogP contribution < -0.4 is 5.56 Å². The molecule has 1 amide bonds. The van der Waals surface area contributed by atoms with Crippen LogP contribution in [0.3, 0.4) is 0 Å². The number of pyridine rings is 1. The van der Waals surface area contributed by atoms with Crippen molar-refractivity contribution in [1.29, 1.82) is 0 Å². The van der Waals surface area contributed by atoms with Crippen molar-refractivity contribution in [3.8, 4) is 0 Å². The van der Waals surface area contributed by atoms with Crippen LogP contribution >= 0.6 is 0 Å². The molecule has 1 fully saturated rings. The number of amides is 1. The van der Waals surface area contributed by atoms with E-state index in [1.54, 1.807) is 37.1 Å². The lowest BCUT2D eigenvalue weighted by Gasteiger charge is -2.31. The minimum absolute atomic E-state index is 0.00998. The Hall–Kier alpha value is -2.11. The van der Waals surface area contributed by atoms with Crippen LogP contribution in [0.4, 0.5) is 0 Å². The maximum absolute atomic E-state index is 12.4. The predicted octanol–water partition coefficient (Wildman–Crippen LogP) is 0.958. The number of aryl methyl sites for hydroxylation is 1. The van der Waals surface area contributed by atoms with Gasteiger partial charge in [-0.15, -0.1) is 0 Å². The van der Waals surface area contributed by atoms with Gasteiger partial charge in [-0.25, -0.2) is 0 Å². The lowest BCUT2D eigenvalue weighted by molar-refractivity contribution is -0.151. The summed E-state index contributed by atoms with van der Waals surface area (Å²) in [5.41, 5.74) is 0.452. The molecule has 0 spiro atoms. The quantitative estimate of drug-likeness (QED) is 0.777. The third-order valence-corrected chi connectivity index (χ3v) is 3.91. The Morgan fingerprint density at radius 1 is 1.41 bits per heavy atom. The van der Waals surface area contributed by atoms with E-state index in [1.807, 2.05) is 0 Å². The lowest BCUT2D eigenvalue weighted by atomic mass is 9.98. The molecule has 1 aliphatic rings. The first-order valence-corrected chi connectivity index (χ1v) is 7.63. The molecule has 1 aromatic heterocycles. The maximum Gasteiger partial charge on any atom is 0.310 e. The summed E-state index contributed by atoms with van der Waals surface area (Å²) in [6, 6.07) is 3.47. The van der Waals surface area contributed by atoms with Crippen LogP contribution in [0.5, 0.6) is 0 Å². The highest BCUT2D eigenvalue weighted by Crippen LogP contribution is 2.18. The largest absolute Gasteiger partial charge is 0.466 e. The fourth-order valence-corrected chi connectivity index (χ4v) is 2.68. The monoisotopic (exact) mass is 306 g/mol. The van der Waals surface area contributed by atoms with E-state index in [0.717, 1.165) is 12.8 Å². The topological polar surface area (TPSA) is 68.6 Å². The second-order valence-corrected chi connectivity index (χ2v) is 5.56. The number of piperidine rings is 1. The second kappa shape index (κ2) is 7.24. The van der Waals surface area contributed by atoms with Crippen LogP contribution in [-0.4, -0.2) is 41.0 Å². The van der Waals surface area contributed by atoms with E-state index < -0.39 is 0 Å². The first kappa shape index (κ1) is 16.3. The minimum atomic E-state index is -0.258. The average molecular weight is 306 g/mol. The Balaban J connectivity index is 2.01. The van der Waals surface area contributed by atoms with E-state index >= 15 is 0 Å². The van der Waals surface area contributed by atoms with Crippen LogP contribution in [0.1, 0.15) is 25.3 Å². The van der Waals surface area contributed by atoms with Gasteiger partial charge in [0, 0.05) is 24.8 Å². The van der Waals surface area contributed by atoms with Crippen LogP contribution in [0.2, 0.25) is 0 Å². The number of ether oxygens (including phenoxy) is 1. The van der Waals surface area contributed by atoms with Gasteiger partial charge >= 0.3 is 5.97 Å². The second-order valence-electron chi connectivity index (χ2n) is 5.56. The zero-order chi connectivity index (χ0) is 16.1. The van der Waals surface area contributed by atoms with Gasteiger partial charge in [-0.2, -0.15) is 0 Å². The molecule has 0 aromatic carbocycles. The zero-order valence-corrected chi connectivity index (χ0v) is 13.1. The van der Waals surface area contributed by atoms with Crippen LogP contribution in [0.25, 0.3) is 0 Å². The number of aromatic nitrogens is 1. The summed E-state index contributed by atoms with van der Waals surface area (Å²) in [5, 5.41) is 0. The Labute approximate surface area is 129 Å². The highest BCUT2D eigenvalue weighted by molar-refractivity contribution is 5.78. The molecule has 1 aliphatic heterocycles. The molecule has 120 valence electrons. The number of hydrogen-bond donors (Lipinski definition) is 0. The molecule has 1 saturated heterocycles. The predicted molar refractivity (Wildman–Crippen MR) is 81.4 cm³/mol. The molecule has 2 rings (SSSR count). The number of carbonyl (C=O) groups excluding carboxylic acids is 2. The van der Waals surface area contributed by atoms with Crippen LogP contribution in [-0.2, 0) is 20.9 Å². The van der Waals surface area contributed by atoms with Gasteiger partial charge in [0.1, 0.15) is 6.54 Å². The van der Waals surface area contributed by atoms with Crippen molar-refractivity contribution in [1.82, 2.24) is 9.47 Å². The van der Waals surface area contributed by atoms with Crippen molar-refractivity contribution in [2.24, 2.45) is 5.92 Å². The van der Waals surface area contributed by atoms with E-state index in [0.29, 0.717) is 25.3 Å². The SMILES string of the molecule is CCOC(=O)C1CCCN(C(=O)Cn2cccc(C)c2=O)C1. The molecule has 6 nitrogen and oxygen atoms in total. The van der Waals surface area contributed by atoms with Gasteiger partial charge in [0.15, 0.2) is 0 Å². The molecule has 0 aliphatic carbocycles. The number of hydrogen-bond acceptors (Lipinski definition) is 4. The summed E-state index contributed by atoms with van der Waals surface area (Å²) in [4.78, 5) is 37.8. The Bertz CT molecular complexity index is 608. The molecular weight excluding hydrogens is 284 g/mol. The Morgan fingerprint density at radius 3 is 2.91 bits per heavy atom. The molecule has 0 bridgehead atoms. The Kier molecular flexibility index (Phi) is 5.35. The molecule has 0 radical (unpaired) electrons. The molecule has 1 unspecified atom stereocenters. The first-order chi connectivity index (χ1) is 10.5. The minimum Gasteiger partial charge on any atom is -0.466 e. The number of likely N-dealkylation sites (tertiary alicyclic amines) is 1. The lowest BCUT2D eigenvalue weighted by Crippen LogP contribution is -2.45. The van der Waals surface area contributed by atoms with Gasteiger partial charge in [-0.05, 0) is 32.8 Å². The smallest absolute Gasteiger partial charge is 0.310 e. The van der Waals surface area contributed by atoms with Crippen molar-refractivity contribution >= 4 is 11.9 Å². The van der Waals surface area contributed by atoms with Crippen molar-refractivity contribution < 1.29 is 14.3 Å². The van der Waals surface area contributed by atoms with Crippen LogP contribution in [0.15, 0.2) is 23.1 Å². The van der Waals surface area contributed by atoms with Crippen molar-refractivity contribution in [2.75, 3.05) is 19.7 Å². The van der Waals surface area contributed by atoms with Gasteiger partial charge in [0.2, 0.25) is 5.91 Å². The summed E-state index contributed by atoms with van der Waals surface area (Å²) in [7, 11) is 0. The van der Waals surface area contributed by atoms with E-state index in [4.69, 9.17) is 4.74 Å². The Morgan fingerprint density at radius 2 is 2.18 bits per heavy atom. The summed E-state index contributed by atoms with van der Waals surface area (Å²) in [6.45, 7) is 4.85. The van der Waals surface area contributed by atoms with Gasteiger partial charge in [0.05, 0.1) is 12.5 Å². The summed E-state index contributed by atoms with van der Waals surface area (Å²) < 4.78 is 6.44. The molecular formula is C16H22N2O4. The molecule has 1 atom stereocenters. The molecule has 2 heterocycles. The van der Waals surface area contributed by atoms with E-state index in [1.165, 1.54) is 4.57 Å². The summed E-state index contributed by atoms with van der Waals surface area (Å²) >= 11 is 0. The van der Waals surface area contributed by atoms with E-state index in [-0.39, 0.29) is 29.9 Å². The van der Waals surface area contributed by atoms with Gasteiger partial charge in [-0.1, -0.05) is 6.07 Å². The summed E-state index contributed by atoms with van der Waals surface area (Å²) in [6.07, 6.45) is 3.13. The number of esters is 1. The highest BCUT2D eigenvalue weighted by atomic mass is 16.5. The fourth-order valence-electron chi connectivity index (χ4n) is 2.68. The fraction of sp³-hybridized carbons (Fsp3) is 0.562. The summed E-state index contributed by atoms with van der Waals surface area (Å²) in [5.74, 6) is -0.638. The highest BCUT2D eigenvalue weighted by Gasteiger charge is 2.29. The van der Waals surface area contributed by atoms with E-state index in [2.05, 4.69) is 0 Å². The molecule has 6 heteroatoms. The third-order valence-electron chi connectivity index (χ3n) is 3.91. The van der Waals surface area contributed by atoms with E-state index in [9.17, 15) is 14.4 Å². The number of carbonyl (C=O) groups is 2. The normalized spacial score (nSPS) is 18.1. The first-order valence-electron chi connectivity index (χ1n) is 7.63. The molecule has 0 N–H and O–H groups in total. The maximum atomic E-state index is 12.4. The molecule has 1 aromatic rings. The standard InChI is InChI=1S/C16H22N2O4/c1-3-22-16(21)13-7-5-8-17(10-13)14(19)11-18-9-4-6-12(2)15(18)20/h4,6,9,13H,3,5,7-8,10-11H2,1-2H3. The van der Waals surface area contributed by atoms with Crippen molar-refractivity contribution in [3.63, 3.8) is 0 Å². The number of rotatable bonds is 4. The zero-order valence-electron chi connectivity index (χ0n) is 13.1. The molecule has 22 heavy (non-hydrogen) atoms. The van der Waals surface area contributed by atoms with Crippen LogP contribution in [0, 0.1) is 12.8 Å². The van der Waals surface area contributed by atoms with Gasteiger partial charge in [-0.3, -0.25) is 14.4 Å².